The molecule has 1 aliphatic carbocycles. The van der Waals surface area contributed by atoms with Crippen molar-refractivity contribution in [3.8, 4) is 0 Å². The van der Waals surface area contributed by atoms with E-state index in [0.717, 1.165) is 38.8 Å². The molecule has 7 rings (SSSR count). The monoisotopic (exact) mass is 556 g/mol. The van der Waals surface area contributed by atoms with E-state index in [-0.39, 0.29) is 36.5 Å². The topological polar surface area (TPSA) is 86.8 Å². The van der Waals surface area contributed by atoms with Crippen LogP contribution < -0.4 is 4.90 Å². The molecule has 6 aliphatic rings. The number of amides is 1. The summed E-state index contributed by atoms with van der Waals surface area (Å²) in [6.07, 6.45) is 2.46. The molecule has 8 atom stereocenters. The second kappa shape index (κ2) is 10.6. The van der Waals surface area contributed by atoms with Crippen molar-refractivity contribution < 1.29 is 33.6 Å². The van der Waals surface area contributed by atoms with Crippen molar-refractivity contribution in [2.45, 2.75) is 97.1 Å². The molecule has 0 unspecified atom stereocenters. The summed E-state index contributed by atoms with van der Waals surface area (Å²) in [5, 5.41) is 0. The molecule has 9 heteroatoms. The number of carbonyl (C=O) groups is 2. The Morgan fingerprint density at radius 1 is 1.00 bits per heavy atom. The summed E-state index contributed by atoms with van der Waals surface area (Å²) in [6, 6.07) is 6.47. The van der Waals surface area contributed by atoms with Gasteiger partial charge in [-0.15, -0.1) is 0 Å². The van der Waals surface area contributed by atoms with Crippen LogP contribution in [0.3, 0.4) is 0 Å². The molecule has 2 bridgehead atoms. The maximum Gasteiger partial charge on any atom is 0.308 e. The van der Waals surface area contributed by atoms with Crippen molar-refractivity contribution in [3.05, 3.63) is 29.3 Å². The van der Waals surface area contributed by atoms with Gasteiger partial charge < -0.3 is 24.0 Å². The van der Waals surface area contributed by atoms with Gasteiger partial charge in [0.25, 0.3) is 0 Å². The molecule has 6 fully saturated rings. The highest BCUT2D eigenvalue weighted by molar-refractivity contribution is 5.81. The highest BCUT2D eigenvalue weighted by Gasteiger charge is 2.69. The van der Waals surface area contributed by atoms with Crippen molar-refractivity contribution in [1.29, 1.82) is 0 Å². The molecule has 5 heterocycles. The minimum absolute atomic E-state index is 0.0128. The van der Waals surface area contributed by atoms with E-state index in [4.69, 9.17) is 24.0 Å². The molecule has 5 saturated heterocycles. The van der Waals surface area contributed by atoms with Crippen LogP contribution in [-0.2, 0) is 33.6 Å². The van der Waals surface area contributed by atoms with Crippen molar-refractivity contribution >= 4 is 17.6 Å². The predicted molar refractivity (Wildman–Crippen MR) is 147 cm³/mol. The number of nitrogens with zero attached hydrogens (tertiary/aromatic N) is 2. The second-order valence-electron chi connectivity index (χ2n) is 12.9. The summed E-state index contributed by atoms with van der Waals surface area (Å²) in [7, 11) is 0. The molecule has 0 radical (unpaired) electrons. The van der Waals surface area contributed by atoms with Crippen LogP contribution in [0.25, 0.3) is 0 Å². The van der Waals surface area contributed by atoms with E-state index in [1.807, 2.05) is 11.8 Å². The zero-order valence-corrected chi connectivity index (χ0v) is 24.5. The summed E-state index contributed by atoms with van der Waals surface area (Å²) < 4.78 is 18.6. The first-order valence-electron chi connectivity index (χ1n) is 15.1. The Kier molecular flexibility index (Phi) is 7.38. The normalized spacial score (nSPS) is 38.9. The van der Waals surface area contributed by atoms with E-state index in [2.05, 4.69) is 50.8 Å². The van der Waals surface area contributed by atoms with Crippen LogP contribution in [0.4, 0.5) is 5.69 Å². The van der Waals surface area contributed by atoms with E-state index >= 15 is 0 Å². The summed E-state index contributed by atoms with van der Waals surface area (Å²) in [5.41, 5.74) is 3.02. The van der Waals surface area contributed by atoms with Crippen molar-refractivity contribution in [3.63, 3.8) is 0 Å². The third kappa shape index (κ3) is 4.82. The number of anilines is 1. The molecule has 1 aromatic rings. The molecular formula is C31H44N2O7. The van der Waals surface area contributed by atoms with Gasteiger partial charge in [0, 0.05) is 56.5 Å². The first kappa shape index (κ1) is 27.9. The second-order valence-corrected chi connectivity index (χ2v) is 12.9. The molecule has 40 heavy (non-hydrogen) atoms. The minimum Gasteiger partial charge on any atom is -0.435 e. The lowest BCUT2D eigenvalue weighted by Crippen LogP contribution is -2.70. The van der Waals surface area contributed by atoms with Crippen LogP contribution in [0.1, 0.15) is 70.4 Å². The number of piperazine rings is 1. The quantitative estimate of drug-likeness (QED) is 0.388. The zero-order valence-electron chi connectivity index (χ0n) is 24.5. The van der Waals surface area contributed by atoms with E-state index in [0.29, 0.717) is 19.0 Å². The van der Waals surface area contributed by atoms with E-state index in [1.54, 1.807) is 0 Å². The summed E-state index contributed by atoms with van der Waals surface area (Å²) >= 11 is 0. The lowest BCUT2D eigenvalue weighted by Gasteiger charge is -2.59. The van der Waals surface area contributed by atoms with Gasteiger partial charge >= 0.3 is 5.97 Å². The highest BCUT2D eigenvalue weighted by Crippen LogP contribution is 2.60. The molecule has 220 valence electrons. The fraction of sp³-hybridized carbons (Fsp3) is 0.742. The van der Waals surface area contributed by atoms with Crippen LogP contribution in [0.15, 0.2) is 18.2 Å². The molecule has 0 N–H and O–H groups in total. The van der Waals surface area contributed by atoms with Crippen molar-refractivity contribution in [2.75, 3.05) is 31.1 Å². The van der Waals surface area contributed by atoms with Gasteiger partial charge in [0.1, 0.15) is 0 Å². The molecule has 9 nitrogen and oxygen atoms in total. The minimum atomic E-state index is -0.874. The fourth-order valence-electron chi connectivity index (χ4n) is 7.82. The number of benzene rings is 1. The lowest BCUT2D eigenvalue weighted by molar-refractivity contribution is -0.576. The van der Waals surface area contributed by atoms with E-state index in [1.165, 1.54) is 16.8 Å². The molecule has 0 aromatic heterocycles. The lowest BCUT2D eigenvalue weighted by atomic mass is 9.58. The highest BCUT2D eigenvalue weighted by atomic mass is 17.3. The Morgan fingerprint density at radius 3 is 2.55 bits per heavy atom. The fourth-order valence-corrected chi connectivity index (χ4v) is 7.82. The van der Waals surface area contributed by atoms with Gasteiger partial charge in [-0.3, -0.25) is 9.59 Å². The molecular weight excluding hydrogens is 512 g/mol. The van der Waals surface area contributed by atoms with Crippen LogP contribution >= 0.6 is 0 Å². The third-order valence-corrected chi connectivity index (χ3v) is 10.2. The first-order chi connectivity index (χ1) is 19.1. The Morgan fingerprint density at radius 2 is 1.77 bits per heavy atom. The van der Waals surface area contributed by atoms with Gasteiger partial charge in [0.05, 0.1) is 6.42 Å². The van der Waals surface area contributed by atoms with E-state index < -0.39 is 29.9 Å². The molecule has 1 spiro atoms. The van der Waals surface area contributed by atoms with Crippen LogP contribution in [0.2, 0.25) is 0 Å². The maximum absolute atomic E-state index is 13.0. The number of esters is 1. The molecule has 1 amide bonds. The first-order valence-corrected chi connectivity index (χ1v) is 15.1. The Bertz CT molecular complexity index is 1140. The molecule has 1 aromatic carbocycles. The number of fused-ring (bicyclic) bond motifs is 2. The van der Waals surface area contributed by atoms with Gasteiger partial charge in [-0.05, 0) is 69.1 Å². The Labute approximate surface area is 237 Å². The Hall–Kier alpha value is -2.20. The van der Waals surface area contributed by atoms with Gasteiger partial charge in [-0.1, -0.05) is 26.0 Å². The third-order valence-electron chi connectivity index (χ3n) is 10.2. The zero-order chi connectivity index (χ0) is 28.2. The van der Waals surface area contributed by atoms with Crippen molar-refractivity contribution in [1.82, 2.24) is 4.90 Å². The SMILES string of the molecule is Cc1ccc(C)c(N2CCN(C(=O)CCC(=O)O[C@@H]3O[C@@H]4O[C@@]5(C)CC[C@@H]6[C@H](C)CC[C@H]([C@H]3C)[C@@]46OO5)CC2)c1. The predicted octanol–water partition coefficient (Wildman–Crippen LogP) is 4.48. The standard InChI is InChI=1S/C31H44N2O7/c1-19-6-7-21(3)25(18-19)32-14-16-33(17-15-32)26(34)10-11-27(35)36-28-22(4)24-9-8-20(2)23-12-13-30(5)38-29(37-28)31(23,24)40-39-30/h6-7,18,20,22-24,28-29H,8-17H2,1-5H3/t20-,22-,23-,24-,28-,29-,30-,31-/m1/s1. The number of ether oxygens (including phenoxy) is 3. The smallest absolute Gasteiger partial charge is 0.308 e. The van der Waals surface area contributed by atoms with E-state index in [9.17, 15) is 9.59 Å². The van der Waals surface area contributed by atoms with Gasteiger partial charge in [-0.2, -0.15) is 0 Å². The van der Waals surface area contributed by atoms with Crippen LogP contribution in [0, 0.1) is 37.5 Å². The van der Waals surface area contributed by atoms with Crippen LogP contribution in [0.5, 0.6) is 0 Å². The number of hydrogen-bond donors (Lipinski definition) is 0. The average molecular weight is 557 g/mol. The van der Waals surface area contributed by atoms with Crippen LogP contribution in [-0.4, -0.2) is 66.9 Å². The number of rotatable bonds is 5. The number of aryl methyl sites for hydroxylation is 2. The molecule has 1 saturated carbocycles. The number of hydrogen-bond acceptors (Lipinski definition) is 8. The average Bonchev–Trinajstić information content (AvgIpc) is 3.17. The van der Waals surface area contributed by atoms with Gasteiger partial charge in [0.15, 0.2) is 11.9 Å². The number of carbonyl (C=O) groups excluding carboxylic acids is 2. The molecule has 5 aliphatic heterocycles. The van der Waals surface area contributed by atoms with Gasteiger partial charge in [-0.25, -0.2) is 9.78 Å². The Balaban J connectivity index is 1.04. The summed E-state index contributed by atoms with van der Waals surface area (Å²) in [4.78, 5) is 42.1. The maximum atomic E-state index is 13.0. The van der Waals surface area contributed by atoms with Gasteiger partial charge in [0.2, 0.25) is 18.0 Å². The summed E-state index contributed by atoms with van der Waals surface area (Å²) in [5.74, 6) is -0.579. The van der Waals surface area contributed by atoms with Crippen molar-refractivity contribution in [2.24, 2.45) is 23.7 Å². The largest absolute Gasteiger partial charge is 0.435 e. The summed E-state index contributed by atoms with van der Waals surface area (Å²) in [6.45, 7) is 13.3.